The van der Waals surface area contributed by atoms with E-state index in [0.717, 1.165) is 13.0 Å². The van der Waals surface area contributed by atoms with Gasteiger partial charge in [0.1, 0.15) is 5.75 Å². The summed E-state index contributed by atoms with van der Waals surface area (Å²) in [5.41, 5.74) is 1.19. The van der Waals surface area contributed by atoms with Gasteiger partial charge in [-0.1, -0.05) is 12.1 Å². The third kappa shape index (κ3) is 5.38. The van der Waals surface area contributed by atoms with Gasteiger partial charge in [0.2, 0.25) is 0 Å². The van der Waals surface area contributed by atoms with Gasteiger partial charge in [-0.15, -0.1) is 0 Å². The van der Waals surface area contributed by atoms with Crippen LogP contribution in [0.4, 0.5) is 4.79 Å². The van der Waals surface area contributed by atoms with Crippen molar-refractivity contribution in [2.24, 2.45) is 0 Å². The fourth-order valence-corrected chi connectivity index (χ4v) is 1.38. The number of hydrogen-bond acceptors (Lipinski definition) is 2. The zero-order chi connectivity index (χ0) is 12.7. The number of ether oxygens (including phenoxy) is 1. The third-order valence-electron chi connectivity index (χ3n) is 2.61. The van der Waals surface area contributed by atoms with Crippen LogP contribution in [0, 0.1) is 0 Å². The number of carbonyl (C=O) groups excluding carboxylic acids is 1. The van der Waals surface area contributed by atoms with Crippen molar-refractivity contribution in [2.45, 2.75) is 13.3 Å². The van der Waals surface area contributed by atoms with Gasteiger partial charge in [-0.3, -0.25) is 0 Å². The van der Waals surface area contributed by atoms with E-state index in [0.29, 0.717) is 12.3 Å². The molecule has 0 heterocycles. The maximum Gasteiger partial charge on any atom is 0.414 e. The highest BCUT2D eigenvalue weighted by Crippen LogP contribution is 2.14. The summed E-state index contributed by atoms with van der Waals surface area (Å²) in [6.45, 7) is 3.59. The predicted octanol–water partition coefficient (Wildman–Crippen LogP) is -2.12. The highest BCUT2D eigenvalue weighted by molar-refractivity contribution is 5.70. The fraction of sp³-hybridized carbons (Fsp3) is 0.462. The van der Waals surface area contributed by atoms with Crippen LogP contribution in [0.25, 0.3) is 0 Å². The first-order valence-corrected chi connectivity index (χ1v) is 5.97. The Kier molecular flexibility index (Phi) is 8.16. The summed E-state index contributed by atoms with van der Waals surface area (Å²) in [6, 6.07) is 7.69. The highest BCUT2D eigenvalue weighted by Gasteiger charge is 2.09. The number of benzene rings is 1. The molecule has 5 heteroatoms. The molecule has 1 amide bonds. The first-order chi connectivity index (χ1) is 8.17. The number of halogens is 1. The zero-order valence-corrected chi connectivity index (χ0v) is 11.9. The standard InChI is InChI=1S/C13H20N2O2.ClH/c1-4-15(3)13(16)17-12-7-5-6-11(10-12)8-9-14-2;/h5-7,10,14H,4,8-9H2,1-3H3;1H. The van der Waals surface area contributed by atoms with Gasteiger partial charge in [-0.25, -0.2) is 4.79 Å². The maximum absolute atomic E-state index is 11.6. The normalized spacial score (nSPS) is 9.50. The van der Waals surface area contributed by atoms with E-state index in [4.69, 9.17) is 4.74 Å². The summed E-state index contributed by atoms with van der Waals surface area (Å²) in [6.07, 6.45) is 0.664. The van der Waals surface area contributed by atoms with Crippen LogP contribution >= 0.6 is 0 Å². The lowest BCUT2D eigenvalue weighted by Crippen LogP contribution is -3.00. The van der Waals surface area contributed by atoms with Crippen LogP contribution in [0.2, 0.25) is 0 Å². The van der Waals surface area contributed by atoms with E-state index in [-0.39, 0.29) is 18.5 Å². The Morgan fingerprint density at radius 3 is 2.78 bits per heavy atom. The summed E-state index contributed by atoms with van der Waals surface area (Å²) in [5.74, 6) is 0.615. The Labute approximate surface area is 115 Å². The van der Waals surface area contributed by atoms with E-state index in [1.54, 1.807) is 13.1 Å². The first-order valence-electron chi connectivity index (χ1n) is 5.97. The summed E-state index contributed by atoms with van der Waals surface area (Å²) in [7, 11) is 3.76. The van der Waals surface area contributed by atoms with Crippen LogP contribution < -0.4 is 22.5 Å². The summed E-state index contributed by atoms with van der Waals surface area (Å²) in [4.78, 5) is 13.1. The summed E-state index contributed by atoms with van der Waals surface area (Å²) in [5, 5.41) is 2.13. The molecule has 0 spiro atoms. The Bertz CT molecular complexity index is 372. The molecule has 18 heavy (non-hydrogen) atoms. The predicted molar refractivity (Wildman–Crippen MR) is 67.2 cm³/mol. The average molecular weight is 273 g/mol. The molecule has 102 valence electrons. The zero-order valence-electron chi connectivity index (χ0n) is 11.1. The molecule has 0 aliphatic carbocycles. The molecule has 1 rings (SSSR count). The molecule has 0 aromatic heterocycles. The van der Waals surface area contributed by atoms with Crippen LogP contribution in [0.5, 0.6) is 5.75 Å². The maximum atomic E-state index is 11.6. The molecule has 0 atom stereocenters. The van der Waals surface area contributed by atoms with Crippen LogP contribution in [-0.4, -0.2) is 38.2 Å². The molecule has 0 aliphatic rings. The minimum atomic E-state index is -0.313. The first kappa shape index (κ1) is 16.7. The smallest absolute Gasteiger partial charge is 0.414 e. The van der Waals surface area contributed by atoms with Crippen molar-refractivity contribution in [1.29, 1.82) is 0 Å². The monoisotopic (exact) mass is 272 g/mol. The van der Waals surface area contributed by atoms with Gasteiger partial charge in [0.25, 0.3) is 0 Å². The number of quaternary nitrogens is 1. The van der Waals surface area contributed by atoms with Crippen molar-refractivity contribution >= 4 is 6.09 Å². The lowest BCUT2D eigenvalue weighted by molar-refractivity contribution is -0.626. The van der Waals surface area contributed by atoms with Gasteiger partial charge in [-0.2, -0.15) is 0 Å². The number of amides is 1. The Morgan fingerprint density at radius 2 is 2.17 bits per heavy atom. The summed E-state index contributed by atoms with van der Waals surface area (Å²) < 4.78 is 5.26. The van der Waals surface area contributed by atoms with Crippen molar-refractivity contribution in [3.05, 3.63) is 29.8 Å². The van der Waals surface area contributed by atoms with Crippen molar-refractivity contribution in [1.82, 2.24) is 4.90 Å². The fourth-order valence-electron chi connectivity index (χ4n) is 1.38. The number of carbonyl (C=O) groups is 1. The Balaban J connectivity index is 0.00000289. The molecule has 0 aliphatic heterocycles. The van der Waals surface area contributed by atoms with E-state index < -0.39 is 0 Å². The van der Waals surface area contributed by atoms with Gasteiger partial charge in [0, 0.05) is 20.0 Å². The number of hydrogen-bond donors (Lipinski definition) is 1. The third-order valence-corrected chi connectivity index (χ3v) is 2.61. The second-order valence-corrected chi connectivity index (χ2v) is 3.98. The second kappa shape index (κ2) is 8.78. The Hall–Kier alpha value is -1.26. The average Bonchev–Trinajstić information content (AvgIpc) is 2.35. The second-order valence-electron chi connectivity index (χ2n) is 3.98. The number of rotatable bonds is 5. The van der Waals surface area contributed by atoms with E-state index in [2.05, 4.69) is 5.32 Å². The van der Waals surface area contributed by atoms with Crippen molar-refractivity contribution in [3.8, 4) is 5.75 Å². The minimum Gasteiger partial charge on any atom is -1.00 e. The van der Waals surface area contributed by atoms with Gasteiger partial charge < -0.3 is 27.4 Å². The molecule has 0 fully saturated rings. The van der Waals surface area contributed by atoms with Crippen molar-refractivity contribution in [2.75, 3.05) is 27.2 Å². The van der Waals surface area contributed by atoms with Crippen LogP contribution in [0.3, 0.4) is 0 Å². The molecular weight excluding hydrogens is 252 g/mol. The topological polar surface area (TPSA) is 46.2 Å². The van der Waals surface area contributed by atoms with Crippen molar-refractivity contribution in [3.63, 3.8) is 0 Å². The number of likely N-dealkylation sites (N-methyl/N-ethyl adjacent to an activating group) is 1. The van der Waals surface area contributed by atoms with Crippen molar-refractivity contribution < 1.29 is 27.3 Å². The largest absolute Gasteiger partial charge is 1.00 e. The van der Waals surface area contributed by atoms with Crippen LogP contribution in [0.1, 0.15) is 12.5 Å². The van der Waals surface area contributed by atoms with E-state index in [1.165, 1.54) is 10.5 Å². The quantitative estimate of drug-likeness (QED) is 0.666. The van der Waals surface area contributed by atoms with Gasteiger partial charge in [0.05, 0.1) is 13.6 Å². The molecule has 1 aromatic carbocycles. The minimum absolute atomic E-state index is 0. The lowest BCUT2D eigenvalue weighted by atomic mass is 10.1. The van der Waals surface area contributed by atoms with E-state index >= 15 is 0 Å². The molecular formula is C13H21ClN2O2. The molecule has 0 radical (unpaired) electrons. The number of nitrogens with zero attached hydrogens (tertiary/aromatic N) is 1. The van der Waals surface area contributed by atoms with E-state index in [1.807, 2.05) is 32.2 Å². The number of nitrogens with two attached hydrogens (primary N) is 1. The van der Waals surface area contributed by atoms with Gasteiger partial charge >= 0.3 is 6.09 Å². The molecule has 4 nitrogen and oxygen atoms in total. The molecule has 0 bridgehead atoms. The lowest BCUT2D eigenvalue weighted by Gasteiger charge is -2.14. The van der Waals surface area contributed by atoms with E-state index in [9.17, 15) is 4.79 Å². The van der Waals surface area contributed by atoms with Crippen LogP contribution in [0.15, 0.2) is 24.3 Å². The molecule has 0 saturated carbocycles. The summed E-state index contributed by atoms with van der Waals surface area (Å²) >= 11 is 0. The van der Waals surface area contributed by atoms with Crippen LogP contribution in [-0.2, 0) is 6.42 Å². The van der Waals surface area contributed by atoms with Gasteiger partial charge in [0.15, 0.2) is 0 Å². The SMILES string of the molecule is CCN(C)C(=O)Oc1cccc(CC[NH2+]C)c1.[Cl-]. The molecule has 1 aromatic rings. The highest BCUT2D eigenvalue weighted by atomic mass is 35.5. The molecule has 0 saturated heterocycles. The van der Waals surface area contributed by atoms with Gasteiger partial charge in [-0.05, 0) is 24.6 Å². The molecule has 0 unspecified atom stereocenters. The molecule has 2 N–H and O–H groups in total. The Morgan fingerprint density at radius 1 is 1.44 bits per heavy atom.